The summed E-state index contributed by atoms with van der Waals surface area (Å²) in [6.07, 6.45) is -2.02. The smallest absolute Gasteiger partial charge is 0.352 e. The maximum absolute atomic E-state index is 12.8. The Hall–Kier alpha value is -2.61. The van der Waals surface area contributed by atoms with E-state index in [0.717, 1.165) is 49.2 Å². The number of piperidine rings is 1. The molecule has 150 valence electrons. The number of rotatable bonds is 5. The van der Waals surface area contributed by atoms with Gasteiger partial charge >= 0.3 is 6.18 Å². The van der Waals surface area contributed by atoms with Gasteiger partial charge in [0.25, 0.3) is 5.56 Å². The van der Waals surface area contributed by atoms with Crippen LogP contribution in [0.15, 0.2) is 53.5 Å². The Kier molecular flexibility index (Phi) is 6.18. The Morgan fingerprint density at radius 1 is 1.07 bits per heavy atom. The summed E-state index contributed by atoms with van der Waals surface area (Å²) in [5.74, 6) is -0.456. The Morgan fingerprint density at radius 3 is 2.39 bits per heavy atom. The first-order valence-electron chi connectivity index (χ1n) is 9.15. The molecule has 1 N–H and O–H groups in total. The summed E-state index contributed by atoms with van der Waals surface area (Å²) >= 11 is 0. The van der Waals surface area contributed by atoms with Crippen molar-refractivity contribution < 1.29 is 18.0 Å². The maximum Gasteiger partial charge on any atom is 0.421 e. The molecule has 1 aromatic carbocycles. The van der Waals surface area contributed by atoms with Gasteiger partial charge in [-0.3, -0.25) is 14.5 Å². The molecular formula is C20H22F3N3O2. The highest BCUT2D eigenvalue weighted by Gasteiger charge is 2.34. The zero-order chi connectivity index (χ0) is 20.1. The molecule has 1 aliphatic heterocycles. The van der Waals surface area contributed by atoms with Gasteiger partial charge in [0.1, 0.15) is 12.1 Å². The fraction of sp³-hybridized carbons (Fsp3) is 0.400. The number of benzene rings is 1. The highest BCUT2D eigenvalue weighted by molar-refractivity contribution is 5.76. The topological polar surface area (TPSA) is 54.3 Å². The predicted molar refractivity (Wildman–Crippen MR) is 98.6 cm³/mol. The second-order valence-electron chi connectivity index (χ2n) is 6.96. The Morgan fingerprint density at radius 2 is 1.75 bits per heavy atom. The molecular weight excluding hydrogens is 371 g/mol. The van der Waals surface area contributed by atoms with Gasteiger partial charge in [-0.25, -0.2) is 0 Å². The van der Waals surface area contributed by atoms with Crippen LogP contribution in [0.3, 0.4) is 0 Å². The van der Waals surface area contributed by atoms with Crippen molar-refractivity contribution in [3.63, 3.8) is 0 Å². The summed E-state index contributed by atoms with van der Waals surface area (Å²) in [6, 6.07) is 11.9. The predicted octanol–water partition coefficient (Wildman–Crippen LogP) is 2.65. The van der Waals surface area contributed by atoms with Crippen LogP contribution in [0.25, 0.3) is 0 Å². The van der Waals surface area contributed by atoms with Gasteiger partial charge < -0.3 is 9.88 Å². The first kappa shape index (κ1) is 20.1. The van der Waals surface area contributed by atoms with E-state index in [1.807, 2.05) is 18.2 Å². The van der Waals surface area contributed by atoms with Crippen molar-refractivity contribution in [2.75, 3.05) is 13.1 Å². The van der Waals surface area contributed by atoms with Crippen LogP contribution in [-0.4, -0.2) is 34.5 Å². The zero-order valence-electron chi connectivity index (χ0n) is 15.3. The number of pyridine rings is 1. The number of amides is 1. The molecule has 0 atom stereocenters. The maximum atomic E-state index is 12.8. The van der Waals surface area contributed by atoms with Gasteiger partial charge in [0.15, 0.2) is 0 Å². The van der Waals surface area contributed by atoms with E-state index in [1.54, 1.807) is 0 Å². The monoisotopic (exact) mass is 393 g/mol. The van der Waals surface area contributed by atoms with Gasteiger partial charge in [-0.1, -0.05) is 30.3 Å². The average molecular weight is 393 g/mol. The number of carbonyl (C=O) groups is 1. The molecule has 2 heterocycles. The number of alkyl halides is 3. The zero-order valence-corrected chi connectivity index (χ0v) is 15.3. The first-order chi connectivity index (χ1) is 13.3. The number of nitrogens with zero attached hydrogens (tertiary/aromatic N) is 2. The van der Waals surface area contributed by atoms with Crippen molar-refractivity contribution in [1.29, 1.82) is 0 Å². The van der Waals surface area contributed by atoms with Crippen LogP contribution in [0.4, 0.5) is 13.2 Å². The minimum Gasteiger partial charge on any atom is -0.352 e. The molecule has 3 rings (SSSR count). The first-order valence-corrected chi connectivity index (χ1v) is 9.15. The highest BCUT2D eigenvalue weighted by Crippen LogP contribution is 2.25. The molecule has 0 spiro atoms. The summed E-state index contributed by atoms with van der Waals surface area (Å²) < 4.78 is 39.2. The molecule has 0 bridgehead atoms. The molecule has 8 heteroatoms. The van der Waals surface area contributed by atoms with E-state index in [0.29, 0.717) is 0 Å². The summed E-state index contributed by atoms with van der Waals surface area (Å²) in [4.78, 5) is 26.4. The number of nitrogens with one attached hydrogen (secondary N) is 1. The molecule has 28 heavy (non-hydrogen) atoms. The number of aromatic nitrogens is 1. The molecule has 0 aliphatic carbocycles. The second kappa shape index (κ2) is 8.60. The van der Waals surface area contributed by atoms with Crippen LogP contribution in [0.2, 0.25) is 0 Å². The summed E-state index contributed by atoms with van der Waals surface area (Å²) in [5, 5.41) is 2.83. The molecule has 2 aromatic rings. The number of hydrogen-bond donors (Lipinski definition) is 1. The molecule has 1 fully saturated rings. The second-order valence-corrected chi connectivity index (χ2v) is 6.96. The molecule has 1 aromatic heterocycles. The third-order valence-corrected chi connectivity index (χ3v) is 4.84. The van der Waals surface area contributed by atoms with Crippen LogP contribution in [0.1, 0.15) is 24.0 Å². The van der Waals surface area contributed by atoms with Crippen molar-refractivity contribution in [3.05, 3.63) is 70.1 Å². The number of hydrogen-bond acceptors (Lipinski definition) is 3. The number of halogens is 3. The minimum atomic E-state index is -4.73. The van der Waals surface area contributed by atoms with E-state index in [-0.39, 0.29) is 6.04 Å². The van der Waals surface area contributed by atoms with Crippen LogP contribution >= 0.6 is 0 Å². The fourth-order valence-corrected chi connectivity index (χ4v) is 3.38. The summed E-state index contributed by atoms with van der Waals surface area (Å²) in [5.41, 5.74) is -1.24. The lowest BCUT2D eigenvalue weighted by molar-refractivity contribution is -0.139. The molecule has 5 nitrogen and oxygen atoms in total. The van der Waals surface area contributed by atoms with E-state index in [1.165, 1.54) is 11.8 Å². The third-order valence-electron chi connectivity index (χ3n) is 4.84. The van der Waals surface area contributed by atoms with Gasteiger partial charge in [-0.05, 0) is 30.5 Å². The van der Waals surface area contributed by atoms with Gasteiger partial charge in [-0.2, -0.15) is 13.2 Å². The summed E-state index contributed by atoms with van der Waals surface area (Å²) in [7, 11) is 0. The Labute approximate surface area is 160 Å². The van der Waals surface area contributed by atoms with E-state index in [4.69, 9.17) is 0 Å². The SMILES string of the molecule is O=C(Cn1cccc(C(F)(F)F)c1=O)NC1CCN(Cc2ccccc2)CC1. The molecule has 0 radical (unpaired) electrons. The van der Waals surface area contributed by atoms with Crippen molar-refractivity contribution in [1.82, 2.24) is 14.8 Å². The van der Waals surface area contributed by atoms with Crippen molar-refractivity contribution in [2.24, 2.45) is 0 Å². The van der Waals surface area contributed by atoms with Crippen molar-refractivity contribution in [3.8, 4) is 0 Å². The van der Waals surface area contributed by atoms with E-state index < -0.39 is 29.8 Å². The largest absolute Gasteiger partial charge is 0.421 e. The third kappa shape index (κ3) is 5.22. The standard InChI is InChI=1S/C20H22F3N3O2/c21-20(22,23)17-7-4-10-26(19(17)28)14-18(27)24-16-8-11-25(12-9-16)13-15-5-2-1-3-6-15/h1-7,10,16H,8-9,11-14H2,(H,24,27). The van der Waals surface area contributed by atoms with Gasteiger partial charge in [0.2, 0.25) is 5.91 Å². The Balaban J connectivity index is 1.51. The number of carbonyl (C=O) groups excluding carboxylic acids is 1. The lowest BCUT2D eigenvalue weighted by Crippen LogP contribution is -2.46. The van der Waals surface area contributed by atoms with E-state index >= 15 is 0 Å². The molecule has 1 aliphatic rings. The van der Waals surface area contributed by atoms with Crippen molar-refractivity contribution in [2.45, 2.75) is 38.1 Å². The van der Waals surface area contributed by atoms with Gasteiger partial charge in [0.05, 0.1) is 0 Å². The van der Waals surface area contributed by atoms with E-state index in [9.17, 15) is 22.8 Å². The van der Waals surface area contributed by atoms with Crippen LogP contribution in [0.5, 0.6) is 0 Å². The normalized spacial score (nSPS) is 16.1. The number of likely N-dealkylation sites (tertiary alicyclic amines) is 1. The lowest BCUT2D eigenvalue weighted by Gasteiger charge is -2.32. The Bertz CT molecular complexity index is 857. The van der Waals surface area contributed by atoms with Crippen molar-refractivity contribution >= 4 is 5.91 Å². The molecule has 0 saturated carbocycles. The highest BCUT2D eigenvalue weighted by atomic mass is 19.4. The van der Waals surface area contributed by atoms with Crippen LogP contribution in [-0.2, 0) is 24.1 Å². The van der Waals surface area contributed by atoms with Gasteiger partial charge in [-0.15, -0.1) is 0 Å². The van der Waals surface area contributed by atoms with Crippen LogP contribution < -0.4 is 10.9 Å². The van der Waals surface area contributed by atoms with Gasteiger partial charge in [0, 0.05) is 31.9 Å². The quantitative estimate of drug-likeness (QED) is 0.850. The molecule has 0 unspecified atom stereocenters. The van der Waals surface area contributed by atoms with E-state index in [2.05, 4.69) is 22.3 Å². The lowest BCUT2D eigenvalue weighted by atomic mass is 10.0. The minimum absolute atomic E-state index is 0.0407. The molecule has 1 amide bonds. The molecule has 1 saturated heterocycles. The van der Waals surface area contributed by atoms with Crippen LogP contribution in [0, 0.1) is 0 Å². The summed E-state index contributed by atoms with van der Waals surface area (Å²) in [6.45, 7) is 2.07. The fourth-order valence-electron chi connectivity index (χ4n) is 3.38. The average Bonchev–Trinajstić information content (AvgIpc) is 2.65.